The highest BCUT2D eigenvalue weighted by Crippen LogP contribution is 2.42. The number of aromatic hydroxyl groups is 1. The zero-order valence-electron chi connectivity index (χ0n) is 18.2. The second-order valence-electron chi connectivity index (χ2n) is 8.74. The van der Waals surface area contributed by atoms with Crippen LogP contribution in [0, 0.1) is 6.92 Å². The van der Waals surface area contributed by atoms with Gasteiger partial charge in [0.25, 0.3) is 0 Å². The molecule has 0 saturated carbocycles. The minimum Gasteiger partial charge on any atom is -0.507 e. The molecular weight excluding hydrogens is 376 g/mol. The lowest BCUT2D eigenvalue weighted by Crippen LogP contribution is -2.43. The molecule has 2 aromatic carbocycles. The number of carbonyl (C=O) groups is 1. The second kappa shape index (κ2) is 8.25. The van der Waals surface area contributed by atoms with Gasteiger partial charge in [-0.1, -0.05) is 38.1 Å². The summed E-state index contributed by atoms with van der Waals surface area (Å²) in [6, 6.07) is 9.87. The Labute approximate surface area is 178 Å². The number of nitrogens with zero attached hydrogens (tertiary/aromatic N) is 2. The molecule has 2 heterocycles. The first kappa shape index (κ1) is 20.6. The smallest absolute Gasteiger partial charge is 0.232 e. The molecule has 1 fully saturated rings. The summed E-state index contributed by atoms with van der Waals surface area (Å²) < 4.78 is 6.07. The van der Waals surface area contributed by atoms with Gasteiger partial charge in [-0.25, -0.2) is 0 Å². The molecule has 2 aliphatic heterocycles. The average molecular weight is 407 g/mol. The third-order valence-electron chi connectivity index (χ3n) is 6.10. The van der Waals surface area contributed by atoms with Gasteiger partial charge in [-0.15, -0.1) is 0 Å². The third-order valence-corrected chi connectivity index (χ3v) is 6.10. The van der Waals surface area contributed by atoms with E-state index in [4.69, 9.17) is 4.74 Å². The second-order valence-corrected chi connectivity index (χ2v) is 8.74. The molecular formula is C25H30N2O3. The first-order valence-corrected chi connectivity index (χ1v) is 10.6. The fraction of sp³-hybridized carbons (Fsp3) is 0.400. The topological polar surface area (TPSA) is 53.0 Å². The van der Waals surface area contributed by atoms with E-state index in [2.05, 4.69) is 42.8 Å². The molecule has 5 nitrogen and oxygen atoms in total. The molecule has 0 atom stereocenters. The van der Waals surface area contributed by atoms with Crippen LogP contribution in [0.3, 0.4) is 0 Å². The van der Waals surface area contributed by atoms with Crippen molar-refractivity contribution in [1.82, 2.24) is 9.80 Å². The molecule has 1 N–H and O–H groups in total. The molecule has 30 heavy (non-hydrogen) atoms. The molecule has 1 saturated heterocycles. The number of hydrogen-bond acceptors (Lipinski definition) is 5. The van der Waals surface area contributed by atoms with Gasteiger partial charge in [0, 0.05) is 32.7 Å². The minimum absolute atomic E-state index is 0.116. The molecule has 158 valence electrons. The normalized spacial score (nSPS) is 18.8. The highest BCUT2D eigenvalue weighted by atomic mass is 16.5. The van der Waals surface area contributed by atoms with Crippen LogP contribution in [-0.4, -0.2) is 53.9 Å². The summed E-state index contributed by atoms with van der Waals surface area (Å²) in [7, 11) is 2.12. The number of fused-ring (bicyclic) bond motifs is 1. The molecule has 0 spiro atoms. The number of phenols is 1. The van der Waals surface area contributed by atoms with Crippen molar-refractivity contribution >= 4 is 11.9 Å². The van der Waals surface area contributed by atoms with Crippen molar-refractivity contribution in [3.05, 3.63) is 63.9 Å². The van der Waals surface area contributed by atoms with Crippen LogP contribution < -0.4 is 4.74 Å². The molecule has 0 amide bonds. The first-order valence-electron chi connectivity index (χ1n) is 10.6. The summed E-state index contributed by atoms with van der Waals surface area (Å²) >= 11 is 0. The largest absolute Gasteiger partial charge is 0.507 e. The SMILES string of the molecule is Cc1cc(O)c(CN2CCN(C)CC2)c2c1C(=O)/C(=C/c1ccc(C(C)C)cc1)O2. The predicted molar refractivity (Wildman–Crippen MR) is 119 cm³/mol. The molecule has 4 rings (SSSR count). The van der Waals surface area contributed by atoms with Crippen molar-refractivity contribution in [2.75, 3.05) is 33.2 Å². The zero-order chi connectivity index (χ0) is 21.4. The summed E-state index contributed by atoms with van der Waals surface area (Å²) in [4.78, 5) is 17.7. The van der Waals surface area contributed by atoms with Crippen molar-refractivity contribution in [3.63, 3.8) is 0 Å². The van der Waals surface area contributed by atoms with E-state index in [0.717, 1.165) is 37.3 Å². The molecule has 5 heteroatoms. The lowest BCUT2D eigenvalue weighted by Gasteiger charge is -2.32. The quantitative estimate of drug-likeness (QED) is 0.772. The Balaban J connectivity index is 1.63. The fourth-order valence-electron chi connectivity index (χ4n) is 4.09. The van der Waals surface area contributed by atoms with Crippen LogP contribution in [0.4, 0.5) is 0 Å². The van der Waals surface area contributed by atoms with E-state index in [9.17, 15) is 9.90 Å². The maximum atomic E-state index is 13.1. The molecule has 0 unspecified atom stereocenters. The van der Waals surface area contributed by atoms with Gasteiger partial charge in [0.1, 0.15) is 11.5 Å². The van der Waals surface area contributed by atoms with Gasteiger partial charge in [0.2, 0.25) is 5.78 Å². The Bertz CT molecular complexity index is 984. The first-order chi connectivity index (χ1) is 14.3. The molecule has 0 bridgehead atoms. The number of likely N-dealkylation sites (N-methyl/N-ethyl adjacent to an activating group) is 1. The summed E-state index contributed by atoms with van der Waals surface area (Å²) in [6.07, 6.45) is 1.79. The van der Waals surface area contributed by atoms with E-state index in [0.29, 0.717) is 35.1 Å². The van der Waals surface area contributed by atoms with Crippen LogP contribution in [0.15, 0.2) is 36.1 Å². The van der Waals surface area contributed by atoms with Gasteiger partial charge in [-0.05, 0) is 48.7 Å². The molecule has 2 aromatic rings. The number of hydrogen-bond donors (Lipinski definition) is 1. The summed E-state index contributed by atoms with van der Waals surface area (Å²) in [5.74, 6) is 1.37. The number of Topliss-reactive ketones (excluding diaryl/α,β-unsaturated/α-hetero) is 1. The third kappa shape index (κ3) is 4.00. The fourth-order valence-corrected chi connectivity index (χ4v) is 4.09. The number of carbonyl (C=O) groups excluding carboxylic acids is 1. The maximum Gasteiger partial charge on any atom is 0.232 e. The predicted octanol–water partition coefficient (Wildman–Crippen LogP) is 4.19. The van der Waals surface area contributed by atoms with Crippen molar-refractivity contribution in [2.24, 2.45) is 0 Å². The van der Waals surface area contributed by atoms with Gasteiger partial charge in [0.15, 0.2) is 5.76 Å². The van der Waals surface area contributed by atoms with Gasteiger partial charge in [-0.3, -0.25) is 9.69 Å². The minimum atomic E-state index is -0.116. The maximum absolute atomic E-state index is 13.1. The number of phenolic OH excluding ortho intramolecular Hbond substituents is 1. The van der Waals surface area contributed by atoms with Crippen LogP contribution in [0.1, 0.15) is 52.4 Å². The average Bonchev–Trinajstić information content (AvgIpc) is 3.03. The Morgan fingerprint density at radius 3 is 2.43 bits per heavy atom. The summed E-state index contributed by atoms with van der Waals surface area (Å²) in [5.41, 5.74) is 4.20. The molecule has 2 aliphatic rings. The van der Waals surface area contributed by atoms with Crippen molar-refractivity contribution < 1.29 is 14.6 Å². The number of allylic oxidation sites excluding steroid dienone is 1. The van der Waals surface area contributed by atoms with Crippen molar-refractivity contribution in [1.29, 1.82) is 0 Å². The van der Waals surface area contributed by atoms with Gasteiger partial charge >= 0.3 is 0 Å². The lowest BCUT2D eigenvalue weighted by molar-refractivity contribution is 0.101. The Hall–Kier alpha value is -2.63. The van der Waals surface area contributed by atoms with Crippen molar-refractivity contribution in [2.45, 2.75) is 33.2 Å². The Morgan fingerprint density at radius 1 is 1.13 bits per heavy atom. The number of rotatable bonds is 4. The lowest BCUT2D eigenvalue weighted by atomic mass is 9.98. The summed E-state index contributed by atoms with van der Waals surface area (Å²) in [6.45, 7) is 10.6. The number of ether oxygens (including phenoxy) is 1. The highest BCUT2D eigenvalue weighted by Gasteiger charge is 2.34. The van der Waals surface area contributed by atoms with Crippen LogP contribution in [0.2, 0.25) is 0 Å². The van der Waals surface area contributed by atoms with Crippen LogP contribution in [0.25, 0.3) is 6.08 Å². The van der Waals surface area contributed by atoms with Gasteiger partial charge < -0.3 is 14.7 Å². The monoisotopic (exact) mass is 406 g/mol. The van der Waals surface area contributed by atoms with Crippen LogP contribution in [-0.2, 0) is 6.54 Å². The number of benzene rings is 2. The van der Waals surface area contributed by atoms with Crippen LogP contribution >= 0.6 is 0 Å². The standard InChI is InChI=1S/C25H30N2O3/c1-16(2)19-7-5-18(6-8-19)14-22-24(29)23-17(3)13-21(28)20(25(23)30-22)15-27-11-9-26(4)10-12-27/h5-8,13-14,16,28H,9-12,15H2,1-4H3/b22-14-. The Morgan fingerprint density at radius 2 is 1.80 bits per heavy atom. The van der Waals surface area contributed by atoms with E-state index in [1.54, 1.807) is 12.1 Å². The van der Waals surface area contributed by atoms with Crippen LogP contribution in [0.5, 0.6) is 11.5 Å². The van der Waals surface area contributed by atoms with Crippen molar-refractivity contribution in [3.8, 4) is 11.5 Å². The number of ketones is 1. The number of aryl methyl sites for hydroxylation is 1. The summed E-state index contributed by atoms with van der Waals surface area (Å²) in [5, 5.41) is 10.6. The molecule has 0 radical (unpaired) electrons. The van der Waals surface area contributed by atoms with Gasteiger partial charge in [-0.2, -0.15) is 0 Å². The number of piperazine rings is 1. The van der Waals surface area contributed by atoms with E-state index in [-0.39, 0.29) is 11.5 Å². The van der Waals surface area contributed by atoms with Gasteiger partial charge in [0.05, 0.1) is 11.1 Å². The van der Waals surface area contributed by atoms with E-state index in [1.165, 1.54) is 5.56 Å². The Kier molecular flexibility index (Phi) is 5.67. The zero-order valence-corrected chi connectivity index (χ0v) is 18.2. The molecule has 0 aromatic heterocycles. The highest BCUT2D eigenvalue weighted by molar-refractivity contribution is 6.15. The van der Waals surface area contributed by atoms with E-state index in [1.807, 2.05) is 19.1 Å². The molecule has 0 aliphatic carbocycles. The van der Waals surface area contributed by atoms with E-state index >= 15 is 0 Å². The van der Waals surface area contributed by atoms with E-state index < -0.39 is 0 Å².